The minimum absolute atomic E-state index is 0.276. The van der Waals surface area contributed by atoms with Crippen LogP contribution in [0.4, 0.5) is 0 Å². The molecule has 0 radical (unpaired) electrons. The van der Waals surface area contributed by atoms with Crippen LogP contribution >= 0.6 is 12.2 Å². The van der Waals surface area contributed by atoms with E-state index < -0.39 is 0 Å². The van der Waals surface area contributed by atoms with Gasteiger partial charge in [-0.3, -0.25) is 5.43 Å². The predicted molar refractivity (Wildman–Crippen MR) is 83.4 cm³/mol. The maximum absolute atomic E-state index is 5.34. The van der Waals surface area contributed by atoms with Crippen LogP contribution < -0.4 is 20.2 Å². The SMILES string of the molecule is CCCCNC(=S)N/N=C(\C)c1ccc2c(c1)OCO2. The summed E-state index contributed by atoms with van der Waals surface area (Å²) in [5, 5.41) is 7.91. The second-order valence-electron chi connectivity index (χ2n) is 4.49. The Bertz CT molecular complexity index is 517. The van der Waals surface area contributed by atoms with E-state index in [1.54, 1.807) is 0 Å². The number of thiocarbonyl (C=S) groups is 1. The zero-order chi connectivity index (χ0) is 14.4. The van der Waals surface area contributed by atoms with Gasteiger partial charge in [-0.1, -0.05) is 13.3 Å². The van der Waals surface area contributed by atoms with Gasteiger partial charge in [0.2, 0.25) is 6.79 Å². The highest BCUT2D eigenvalue weighted by Crippen LogP contribution is 2.32. The summed E-state index contributed by atoms with van der Waals surface area (Å²) in [5.41, 5.74) is 4.65. The summed E-state index contributed by atoms with van der Waals surface area (Å²) in [6, 6.07) is 5.74. The Morgan fingerprint density at radius 2 is 2.15 bits per heavy atom. The average molecular weight is 293 g/mol. The third-order valence-electron chi connectivity index (χ3n) is 2.93. The molecule has 0 unspecified atom stereocenters. The number of hydrogen-bond donors (Lipinski definition) is 2. The first-order valence-electron chi connectivity index (χ1n) is 6.69. The summed E-state index contributed by atoms with van der Waals surface area (Å²) >= 11 is 5.14. The topological polar surface area (TPSA) is 54.9 Å². The summed E-state index contributed by atoms with van der Waals surface area (Å²) in [7, 11) is 0. The molecule has 0 bridgehead atoms. The van der Waals surface area contributed by atoms with Crippen LogP contribution in [0, 0.1) is 0 Å². The van der Waals surface area contributed by atoms with Crippen molar-refractivity contribution in [3.05, 3.63) is 23.8 Å². The highest BCUT2D eigenvalue weighted by Gasteiger charge is 2.13. The molecule has 20 heavy (non-hydrogen) atoms. The second-order valence-corrected chi connectivity index (χ2v) is 4.89. The van der Waals surface area contributed by atoms with Crippen LogP contribution in [0.15, 0.2) is 23.3 Å². The molecule has 6 heteroatoms. The van der Waals surface area contributed by atoms with E-state index in [0.29, 0.717) is 5.11 Å². The number of unbranched alkanes of at least 4 members (excludes halogenated alkanes) is 1. The standard InChI is InChI=1S/C14H19N3O2S/c1-3-4-7-15-14(20)17-16-10(2)11-5-6-12-13(8-11)19-9-18-12/h5-6,8H,3-4,7,9H2,1-2H3,(H2,15,17,20)/b16-10+. The van der Waals surface area contributed by atoms with E-state index in [0.717, 1.165) is 42.2 Å². The monoisotopic (exact) mass is 293 g/mol. The van der Waals surface area contributed by atoms with E-state index in [-0.39, 0.29) is 6.79 Å². The lowest BCUT2D eigenvalue weighted by molar-refractivity contribution is 0.174. The molecular formula is C14H19N3O2S. The van der Waals surface area contributed by atoms with Crippen LogP contribution in [0.3, 0.4) is 0 Å². The number of nitrogens with one attached hydrogen (secondary N) is 2. The van der Waals surface area contributed by atoms with Gasteiger partial charge in [-0.2, -0.15) is 5.10 Å². The maximum Gasteiger partial charge on any atom is 0.231 e. The first-order valence-corrected chi connectivity index (χ1v) is 7.09. The number of rotatable bonds is 5. The molecule has 108 valence electrons. The zero-order valence-corrected chi connectivity index (χ0v) is 12.5. The molecular weight excluding hydrogens is 274 g/mol. The molecule has 0 fully saturated rings. The van der Waals surface area contributed by atoms with Gasteiger partial charge < -0.3 is 14.8 Å². The molecule has 1 aromatic rings. The molecule has 0 spiro atoms. The number of fused-ring (bicyclic) bond motifs is 1. The highest BCUT2D eigenvalue weighted by molar-refractivity contribution is 7.80. The Labute approximate surface area is 124 Å². The molecule has 1 heterocycles. The van der Waals surface area contributed by atoms with Crippen LogP contribution in [-0.2, 0) is 0 Å². The van der Waals surface area contributed by atoms with Crippen LogP contribution in [0.2, 0.25) is 0 Å². The van der Waals surface area contributed by atoms with Gasteiger partial charge in [0.1, 0.15) is 0 Å². The first-order chi connectivity index (χ1) is 9.70. The summed E-state index contributed by atoms with van der Waals surface area (Å²) in [6.45, 7) is 5.19. The fraction of sp³-hybridized carbons (Fsp3) is 0.429. The van der Waals surface area contributed by atoms with Gasteiger partial charge in [-0.25, -0.2) is 0 Å². The Morgan fingerprint density at radius 1 is 1.35 bits per heavy atom. The molecule has 0 aromatic heterocycles. The van der Waals surface area contributed by atoms with Crippen molar-refractivity contribution >= 4 is 23.0 Å². The van der Waals surface area contributed by atoms with E-state index >= 15 is 0 Å². The second kappa shape index (κ2) is 7.09. The first kappa shape index (κ1) is 14.6. The van der Waals surface area contributed by atoms with Crippen molar-refractivity contribution in [2.45, 2.75) is 26.7 Å². The van der Waals surface area contributed by atoms with Crippen LogP contribution in [0.1, 0.15) is 32.3 Å². The van der Waals surface area contributed by atoms with Crippen LogP contribution in [0.25, 0.3) is 0 Å². The van der Waals surface area contributed by atoms with Crippen molar-refractivity contribution in [2.24, 2.45) is 5.10 Å². The molecule has 2 rings (SSSR count). The van der Waals surface area contributed by atoms with E-state index in [4.69, 9.17) is 21.7 Å². The van der Waals surface area contributed by atoms with Crippen molar-refractivity contribution in [3.63, 3.8) is 0 Å². The highest BCUT2D eigenvalue weighted by atomic mass is 32.1. The number of benzene rings is 1. The Morgan fingerprint density at radius 3 is 2.95 bits per heavy atom. The minimum Gasteiger partial charge on any atom is -0.454 e. The zero-order valence-electron chi connectivity index (χ0n) is 11.7. The van der Waals surface area contributed by atoms with Gasteiger partial charge in [0, 0.05) is 12.1 Å². The van der Waals surface area contributed by atoms with E-state index in [2.05, 4.69) is 22.8 Å². The van der Waals surface area contributed by atoms with Gasteiger partial charge >= 0.3 is 0 Å². The molecule has 1 aromatic carbocycles. The van der Waals surface area contributed by atoms with Crippen molar-refractivity contribution in [1.29, 1.82) is 0 Å². The molecule has 1 aliphatic rings. The minimum atomic E-state index is 0.276. The van der Waals surface area contributed by atoms with Crippen molar-refractivity contribution in [2.75, 3.05) is 13.3 Å². The third kappa shape index (κ3) is 3.84. The molecule has 0 atom stereocenters. The molecule has 0 saturated heterocycles. The normalized spacial score (nSPS) is 13.2. The molecule has 0 saturated carbocycles. The molecule has 0 aliphatic carbocycles. The largest absolute Gasteiger partial charge is 0.454 e. The summed E-state index contributed by atoms with van der Waals surface area (Å²) in [4.78, 5) is 0. The number of hydrogen-bond acceptors (Lipinski definition) is 4. The Balaban J connectivity index is 1.91. The van der Waals surface area contributed by atoms with Crippen molar-refractivity contribution in [3.8, 4) is 11.5 Å². The fourth-order valence-electron chi connectivity index (χ4n) is 1.74. The fourth-order valence-corrected chi connectivity index (χ4v) is 1.89. The molecule has 1 aliphatic heterocycles. The van der Waals surface area contributed by atoms with Gasteiger partial charge in [0.25, 0.3) is 0 Å². The van der Waals surface area contributed by atoms with Crippen LogP contribution in [0.5, 0.6) is 11.5 Å². The number of nitrogens with zero attached hydrogens (tertiary/aromatic N) is 1. The number of hydrazone groups is 1. The van der Waals surface area contributed by atoms with Gasteiger partial charge in [0.15, 0.2) is 16.6 Å². The summed E-state index contributed by atoms with van der Waals surface area (Å²) in [6.07, 6.45) is 2.22. The van der Waals surface area contributed by atoms with Gasteiger partial charge in [0.05, 0.1) is 5.71 Å². The molecule has 0 amide bonds. The van der Waals surface area contributed by atoms with E-state index in [9.17, 15) is 0 Å². The average Bonchev–Trinajstić information content (AvgIpc) is 2.92. The predicted octanol–water partition coefficient (Wildman–Crippen LogP) is 2.40. The van der Waals surface area contributed by atoms with Crippen molar-refractivity contribution in [1.82, 2.24) is 10.7 Å². The summed E-state index contributed by atoms with van der Waals surface area (Å²) < 4.78 is 10.6. The van der Waals surface area contributed by atoms with Crippen LogP contribution in [-0.4, -0.2) is 24.2 Å². The Hall–Kier alpha value is -1.82. The molecule has 5 nitrogen and oxygen atoms in total. The molecule has 2 N–H and O–H groups in total. The van der Waals surface area contributed by atoms with E-state index in [1.807, 2.05) is 25.1 Å². The van der Waals surface area contributed by atoms with Crippen molar-refractivity contribution < 1.29 is 9.47 Å². The lowest BCUT2D eigenvalue weighted by Crippen LogP contribution is -2.33. The van der Waals surface area contributed by atoms with E-state index in [1.165, 1.54) is 0 Å². The number of ether oxygens (including phenoxy) is 2. The quantitative estimate of drug-likeness (QED) is 0.378. The van der Waals surface area contributed by atoms with Gasteiger partial charge in [-0.15, -0.1) is 0 Å². The lowest BCUT2D eigenvalue weighted by Gasteiger charge is -2.07. The maximum atomic E-state index is 5.34. The Kier molecular flexibility index (Phi) is 5.17. The summed E-state index contributed by atoms with van der Waals surface area (Å²) in [5.74, 6) is 1.52. The third-order valence-corrected chi connectivity index (χ3v) is 3.17. The lowest BCUT2D eigenvalue weighted by atomic mass is 10.1. The smallest absolute Gasteiger partial charge is 0.231 e. The van der Waals surface area contributed by atoms with Gasteiger partial charge in [-0.05, 0) is 43.8 Å².